The number of unbranched alkanes of at least 4 members (excludes halogenated alkanes) is 1. The van der Waals surface area contributed by atoms with Crippen molar-refractivity contribution in [2.45, 2.75) is 57.9 Å². The predicted molar refractivity (Wildman–Crippen MR) is 88.1 cm³/mol. The van der Waals surface area contributed by atoms with Gasteiger partial charge < -0.3 is 5.32 Å². The van der Waals surface area contributed by atoms with Gasteiger partial charge in [-0.1, -0.05) is 26.7 Å². The summed E-state index contributed by atoms with van der Waals surface area (Å²) in [6.07, 6.45) is 7.90. The SMILES string of the molecule is CCCCC(CC)c1cc2n(n1)C(c1nccs1)CCN2. The van der Waals surface area contributed by atoms with Crippen LogP contribution in [-0.4, -0.2) is 21.3 Å². The smallest absolute Gasteiger partial charge is 0.125 e. The summed E-state index contributed by atoms with van der Waals surface area (Å²) in [5.74, 6) is 1.74. The third-order valence-electron chi connectivity index (χ3n) is 4.33. The number of aromatic nitrogens is 3. The van der Waals surface area contributed by atoms with Crippen molar-refractivity contribution in [3.63, 3.8) is 0 Å². The van der Waals surface area contributed by atoms with E-state index >= 15 is 0 Å². The summed E-state index contributed by atoms with van der Waals surface area (Å²) in [7, 11) is 0. The molecular formula is C16H24N4S. The van der Waals surface area contributed by atoms with Gasteiger partial charge in [-0.05, 0) is 19.3 Å². The second-order valence-electron chi connectivity index (χ2n) is 5.75. The molecule has 114 valence electrons. The fraction of sp³-hybridized carbons (Fsp3) is 0.625. The minimum absolute atomic E-state index is 0.304. The Morgan fingerprint density at radius 3 is 3.10 bits per heavy atom. The molecular weight excluding hydrogens is 280 g/mol. The van der Waals surface area contributed by atoms with Crippen LogP contribution < -0.4 is 5.32 Å². The Kier molecular flexibility index (Phi) is 4.58. The van der Waals surface area contributed by atoms with Crippen molar-refractivity contribution in [2.24, 2.45) is 0 Å². The molecule has 2 atom stereocenters. The standard InChI is InChI=1S/C16H24N4S/c1-3-5-6-12(4-2)13-11-15-17-8-7-14(20(15)19-13)16-18-9-10-21-16/h9-12,14,17H,3-8H2,1-2H3. The monoisotopic (exact) mass is 304 g/mol. The maximum atomic E-state index is 4.93. The van der Waals surface area contributed by atoms with Crippen LogP contribution in [0.1, 0.15) is 68.6 Å². The Bertz CT molecular complexity index is 561. The van der Waals surface area contributed by atoms with Crippen LogP contribution in [0.5, 0.6) is 0 Å². The lowest BCUT2D eigenvalue weighted by atomic mass is 9.96. The molecule has 0 bridgehead atoms. The second-order valence-corrected chi connectivity index (χ2v) is 6.67. The maximum Gasteiger partial charge on any atom is 0.125 e. The van der Waals surface area contributed by atoms with Crippen LogP contribution >= 0.6 is 11.3 Å². The van der Waals surface area contributed by atoms with E-state index < -0.39 is 0 Å². The first kappa shape index (κ1) is 14.6. The van der Waals surface area contributed by atoms with E-state index in [1.165, 1.54) is 36.4 Å². The zero-order valence-electron chi connectivity index (χ0n) is 12.9. The molecule has 0 saturated heterocycles. The molecule has 0 amide bonds. The molecule has 3 heterocycles. The first-order chi connectivity index (χ1) is 10.3. The van der Waals surface area contributed by atoms with Crippen molar-refractivity contribution in [3.05, 3.63) is 28.3 Å². The molecule has 5 heteroatoms. The number of nitrogens with zero attached hydrogens (tertiary/aromatic N) is 3. The lowest BCUT2D eigenvalue weighted by Gasteiger charge is -2.23. The van der Waals surface area contributed by atoms with E-state index in [4.69, 9.17) is 5.10 Å². The highest BCUT2D eigenvalue weighted by atomic mass is 32.1. The predicted octanol–water partition coefficient (Wildman–Crippen LogP) is 4.43. The maximum absolute atomic E-state index is 4.93. The molecule has 2 unspecified atom stereocenters. The average Bonchev–Trinajstić information content (AvgIpc) is 3.17. The van der Waals surface area contributed by atoms with Gasteiger partial charge in [0.2, 0.25) is 0 Å². The fourth-order valence-corrected chi connectivity index (χ4v) is 3.84. The molecule has 2 aromatic rings. The third kappa shape index (κ3) is 2.98. The Morgan fingerprint density at radius 2 is 2.38 bits per heavy atom. The molecule has 0 radical (unpaired) electrons. The van der Waals surface area contributed by atoms with Gasteiger partial charge in [0.1, 0.15) is 16.9 Å². The Labute approximate surface area is 130 Å². The van der Waals surface area contributed by atoms with E-state index in [1.807, 2.05) is 6.20 Å². The summed E-state index contributed by atoms with van der Waals surface area (Å²) in [5.41, 5.74) is 1.25. The molecule has 0 aliphatic carbocycles. The van der Waals surface area contributed by atoms with Gasteiger partial charge in [0.15, 0.2) is 0 Å². The van der Waals surface area contributed by atoms with Gasteiger partial charge in [-0.25, -0.2) is 9.67 Å². The highest BCUT2D eigenvalue weighted by Gasteiger charge is 2.26. The highest BCUT2D eigenvalue weighted by molar-refractivity contribution is 7.09. The minimum atomic E-state index is 0.304. The zero-order chi connectivity index (χ0) is 14.7. The summed E-state index contributed by atoms with van der Waals surface area (Å²) >= 11 is 1.73. The van der Waals surface area contributed by atoms with E-state index in [-0.39, 0.29) is 0 Å². The molecule has 21 heavy (non-hydrogen) atoms. The Morgan fingerprint density at radius 1 is 1.48 bits per heavy atom. The second kappa shape index (κ2) is 6.60. The van der Waals surface area contributed by atoms with Crippen molar-refractivity contribution in [2.75, 3.05) is 11.9 Å². The number of rotatable bonds is 6. The number of hydrogen-bond donors (Lipinski definition) is 1. The van der Waals surface area contributed by atoms with Crippen LogP contribution in [0, 0.1) is 0 Å². The van der Waals surface area contributed by atoms with Gasteiger partial charge in [-0.2, -0.15) is 5.10 Å². The lowest BCUT2D eigenvalue weighted by molar-refractivity contribution is 0.465. The third-order valence-corrected chi connectivity index (χ3v) is 5.20. The van der Waals surface area contributed by atoms with Crippen molar-refractivity contribution >= 4 is 17.2 Å². The summed E-state index contributed by atoms with van der Waals surface area (Å²) < 4.78 is 2.16. The summed E-state index contributed by atoms with van der Waals surface area (Å²) in [4.78, 5) is 4.49. The number of anilines is 1. The summed E-state index contributed by atoms with van der Waals surface area (Å²) in [5, 5.41) is 11.6. The molecule has 0 aromatic carbocycles. The van der Waals surface area contributed by atoms with E-state index in [1.54, 1.807) is 11.3 Å². The number of hydrogen-bond acceptors (Lipinski definition) is 4. The zero-order valence-corrected chi connectivity index (χ0v) is 13.7. The molecule has 1 N–H and O–H groups in total. The Hall–Kier alpha value is -1.36. The van der Waals surface area contributed by atoms with E-state index in [9.17, 15) is 0 Å². The minimum Gasteiger partial charge on any atom is -0.370 e. The fourth-order valence-electron chi connectivity index (χ4n) is 3.08. The molecule has 1 aliphatic heterocycles. The number of thiazole rings is 1. The molecule has 0 saturated carbocycles. The largest absolute Gasteiger partial charge is 0.370 e. The summed E-state index contributed by atoms with van der Waals surface area (Å²) in [6.45, 7) is 5.52. The van der Waals surface area contributed by atoms with Crippen molar-refractivity contribution < 1.29 is 0 Å². The highest BCUT2D eigenvalue weighted by Crippen LogP contribution is 2.34. The van der Waals surface area contributed by atoms with Crippen molar-refractivity contribution in [3.8, 4) is 0 Å². The number of nitrogens with one attached hydrogen (secondary N) is 1. The van der Waals surface area contributed by atoms with Gasteiger partial charge in [0.05, 0.1) is 5.69 Å². The van der Waals surface area contributed by atoms with Crippen molar-refractivity contribution in [1.29, 1.82) is 0 Å². The van der Waals surface area contributed by atoms with Crippen LogP contribution in [0.3, 0.4) is 0 Å². The number of fused-ring (bicyclic) bond motifs is 1. The first-order valence-electron chi connectivity index (χ1n) is 8.06. The first-order valence-corrected chi connectivity index (χ1v) is 8.94. The molecule has 4 nitrogen and oxygen atoms in total. The van der Waals surface area contributed by atoms with Crippen LogP contribution in [-0.2, 0) is 0 Å². The van der Waals surface area contributed by atoms with Gasteiger partial charge in [-0.15, -0.1) is 11.3 Å². The molecule has 3 rings (SSSR count). The molecule has 0 spiro atoms. The van der Waals surface area contributed by atoms with E-state index in [0.717, 1.165) is 18.8 Å². The molecule has 1 aliphatic rings. The van der Waals surface area contributed by atoms with E-state index in [0.29, 0.717) is 12.0 Å². The van der Waals surface area contributed by atoms with Gasteiger partial charge in [0.25, 0.3) is 0 Å². The van der Waals surface area contributed by atoms with Crippen LogP contribution in [0.25, 0.3) is 0 Å². The normalized spacial score (nSPS) is 19.0. The van der Waals surface area contributed by atoms with Crippen LogP contribution in [0.4, 0.5) is 5.82 Å². The quantitative estimate of drug-likeness (QED) is 0.858. The topological polar surface area (TPSA) is 42.7 Å². The summed E-state index contributed by atoms with van der Waals surface area (Å²) in [6, 6.07) is 2.56. The lowest BCUT2D eigenvalue weighted by Crippen LogP contribution is -2.24. The molecule has 2 aromatic heterocycles. The van der Waals surface area contributed by atoms with Gasteiger partial charge in [0, 0.05) is 30.1 Å². The van der Waals surface area contributed by atoms with Gasteiger partial charge in [-0.3, -0.25) is 0 Å². The van der Waals surface area contributed by atoms with Gasteiger partial charge >= 0.3 is 0 Å². The van der Waals surface area contributed by atoms with Crippen LogP contribution in [0.15, 0.2) is 17.6 Å². The van der Waals surface area contributed by atoms with Crippen molar-refractivity contribution in [1.82, 2.24) is 14.8 Å². The molecule has 0 fully saturated rings. The Balaban J connectivity index is 1.86. The van der Waals surface area contributed by atoms with Crippen LogP contribution in [0.2, 0.25) is 0 Å². The average molecular weight is 304 g/mol. The van der Waals surface area contributed by atoms with E-state index in [2.05, 4.69) is 40.3 Å².